The number of ether oxygens (including phenoxy) is 1. The molecule has 23 heavy (non-hydrogen) atoms. The van der Waals surface area contributed by atoms with Crippen LogP contribution in [0.2, 0.25) is 0 Å². The summed E-state index contributed by atoms with van der Waals surface area (Å²) in [7, 11) is 1.61. The van der Waals surface area contributed by atoms with E-state index in [4.69, 9.17) is 9.84 Å². The summed E-state index contributed by atoms with van der Waals surface area (Å²) in [5, 5.41) is 11.9. The van der Waals surface area contributed by atoms with Gasteiger partial charge in [0.05, 0.1) is 19.6 Å². The van der Waals surface area contributed by atoms with Gasteiger partial charge in [0.25, 0.3) is 0 Å². The molecule has 1 aromatic carbocycles. The van der Waals surface area contributed by atoms with Crippen LogP contribution in [0.3, 0.4) is 0 Å². The van der Waals surface area contributed by atoms with E-state index in [9.17, 15) is 9.59 Å². The first-order chi connectivity index (χ1) is 10.6. The minimum atomic E-state index is -0.775. The molecule has 1 aliphatic rings. The maximum Gasteiger partial charge on any atom is 0.307 e. The maximum absolute atomic E-state index is 12.0. The zero-order valence-electron chi connectivity index (χ0n) is 13.2. The monoisotopic (exact) mass is 342 g/mol. The highest BCUT2D eigenvalue weighted by molar-refractivity contribution is 5.85. The summed E-state index contributed by atoms with van der Waals surface area (Å²) < 4.78 is 5.08. The fourth-order valence-corrected chi connectivity index (χ4v) is 2.60. The minimum absolute atomic E-state index is 0. The largest absolute Gasteiger partial charge is 0.497 e. The van der Waals surface area contributed by atoms with Gasteiger partial charge in [0.2, 0.25) is 5.91 Å². The van der Waals surface area contributed by atoms with Gasteiger partial charge >= 0.3 is 5.97 Å². The molecule has 128 valence electrons. The molecule has 1 aliphatic heterocycles. The van der Waals surface area contributed by atoms with Crippen LogP contribution in [-0.2, 0) is 16.1 Å². The van der Waals surface area contributed by atoms with Gasteiger partial charge in [-0.1, -0.05) is 12.1 Å². The van der Waals surface area contributed by atoms with Crippen LogP contribution in [0.5, 0.6) is 5.75 Å². The lowest BCUT2D eigenvalue weighted by molar-refractivity contribution is -0.144. The smallest absolute Gasteiger partial charge is 0.307 e. The quantitative estimate of drug-likeness (QED) is 0.819. The molecule has 2 N–H and O–H groups in total. The maximum atomic E-state index is 12.0. The van der Waals surface area contributed by atoms with Gasteiger partial charge in [-0.3, -0.25) is 14.5 Å². The lowest BCUT2D eigenvalue weighted by Gasteiger charge is -2.29. The third-order valence-electron chi connectivity index (χ3n) is 3.87. The number of hydrogen-bond acceptors (Lipinski definition) is 4. The molecule has 1 unspecified atom stereocenters. The Morgan fingerprint density at radius 2 is 2.04 bits per heavy atom. The van der Waals surface area contributed by atoms with Gasteiger partial charge < -0.3 is 15.2 Å². The SMILES string of the molecule is COc1ccc(CNC(=O)CN2CCCC(C(=O)O)C2)cc1.Cl. The van der Waals surface area contributed by atoms with Gasteiger partial charge in [-0.2, -0.15) is 0 Å². The number of rotatable bonds is 6. The van der Waals surface area contributed by atoms with E-state index in [1.807, 2.05) is 29.2 Å². The molecule has 7 heteroatoms. The second-order valence-electron chi connectivity index (χ2n) is 5.54. The average Bonchev–Trinajstić information content (AvgIpc) is 2.53. The molecule has 1 atom stereocenters. The highest BCUT2D eigenvalue weighted by atomic mass is 35.5. The number of carboxylic acid groups (broad SMARTS) is 1. The zero-order chi connectivity index (χ0) is 15.9. The lowest BCUT2D eigenvalue weighted by atomic mass is 9.98. The van der Waals surface area contributed by atoms with Crippen LogP contribution < -0.4 is 10.1 Å². The number of nitrogens with one attached hydrogen (secondary N) is 1. The fraction of sp³-hybridized carbons (Fsp3) is 0.500. The molecule has 0 aromatic heterocycles. The number of likely N-dealkylation sites (tertiary alicyclic amines) is 1. The van der Waals surface area contributed by atoms with E-state index in [1.165, 1.54) is 0 Å². The Balaban J connectivity index is 0.00000264. The summed E-state index contributed by atoms with van der Waals surface area (Å²) in [6.45, 7) is 1.93. The number of amides is 1. The molecule has 0 saturated carbocycles. The molecule has 0 bridgehead atoms. The Kier molecular flexibility index (Phi) is 7.85. The van der Waals surface area contributed by atoms with Gasteiger partial charge in [0.15, 0.2) is 0 Å². The van der Waals surface area contributed by atoms with E-state index in [0.717, 1.165) is 24.3 Å². The first-order valence-corrected chi connectivity index (χ1v) is 7.43. The number of benzene rings is 1. The summed E-state index contributed by atoms with van der Waals surface area (Å²) >= 11 is 0. The van der Waals surface area contributed by atoms with Crippen molar-refractivity contribution < 1.29 is 19.4 Å². The van der Waals surface area contributed by atoms with Gasteiger partial charge in [-0.15, -0.1) is 12.4 Å². The first-order valence-electron chi connectivity index (χ1n) is 7.43. The van der Waals surface area contributed by atoms with Crippen molar-refractivity contribution in [1.82, 2.24) is 10.2 Å². The number of piperidine rings is 1. The van der Waals surface area contributed by atoms with Crippen molar-refractivity contribution in [3.63, 3.8) is 0 Å². The van der Waals surface area contributed by atoms with Crippen LogP contribution >= 0.6 is 12.4 Å². The lowest BCUT2D eigenvalue weighted by Crippen LogP contribution is -2.44. The highest BCUT2D eigenvalue weighted by Gasteiger charge is 2.26. The standard InChI is InChI=1S/C16H22N2O4.ClH/c1-22-14-6-4-12(5-7-14)9-17-15(19)11-18-8-2-3-13(10-18)16(20)21;/h4-7,13H,2-3,8-11H2,1H3,(H,17,19)(H,20,21);1H. The number of methoxy groups -OCH3 is 1. The van der Waals surface area contributed by atoms with Crippen molar-refractivity contribution in [2.75, 3.05) is 26.7 Å². The van der Waals surface area contributed by atoms with Gasteiger partial charge in [0.1, 0.15) is 5.75 Å². The van der Waals surface area contributed by atoms with E-state index >= 15 is 0 Å². The summed E-state index contributed by atoms with van der Waals surface area (Å²) in [4.78, 5) is 24.9. The molecule has 6 nitrogen and oxygen atoms in total. The molecule has 1 fully saturated rings. The van der Waals surface area contributed by atoms with E-state index in [2.05, 4.69) is 5.32 Å². The summed E-state index contributed by atoms with van der Waals surface area (Å²) in [6, 6.07) is 7.51. The van der Waals surface area contributed by atoms with Crippen LogP contribution in [-0.4, -0.2) is 48.6 Å². The van der Waals surface area contributed by atoms with Crippen LogP contribution in [0.25, 0.3) is 0 Å². The summed E-state index contributed by atoms with van der Waals surface area (Å²) in [5.41, 5.74) is 0.996. The molecule has 1 amide bonds. The van der Waals surface area contributed by atoms with E-state index in [-0.39, 0.29) is 30.8 Å². The molecular formula is C16H23ClN2O4. The second-order valence-corrected chi connectivity index (χ2v) is 5.54. The average molecular weight is 343 g/mol. The van der Waals surface area contributed by atoms with E-state index in [1.54, 1.807) is 7.11 Å². The topological polar surface area (TPSA) is 78.9 Å². The minimum Gasteiger partial charge on any atom is -0.497 e. The van der Waals surface area contributed by atoms with Crippen LogP contribution in [0, 0.1) is 5.92 Å². The Labute approximate surface area is 142 Å². The molecule has 0 spiro atoms. The van der Waals surface area contributed by atoms with Crippen LogP contribution in [0.1, 0.15) is 18.4 Å². The predicted molar refractivity (Wildman–Crippen MR) is 88.9 cm³/mol. The highest BCUT2D eigenvalue weighted by Crippen LogP contribution is 2.16. The first kappa shape index (κ1) is 19.3. The number of carbonyl (C=O) groups excluding carboxylic acids is 1. The van der Waals surface area contributed by atoms with Crippen LogP contribution in [0.4, 0.5) is 0 Å². The third-order valence-corrected chi connectivity index (χ3v) is 3.87. The van der Waals surface area contributed by atoms with Crippen molar-refractivity contribution >= 4 is 24.3 Å². The number of halogens is 1. The molecular weight excluding hydrogens is 320 g/mol. The Hall–Kier alpha value is -1.79. The predicted octanol–water partition coefficient (Wildman–Crippen LogP) is 1.53. The van der Waals surface area contributed by atoms with Crippen molar-refractivity contribution in [1.29, 1.82) is 0 Å². The van der Waals surface area contributed by atoms with E-state index < -0.39 is 5.97 Å². The number of carboxylic acids is 1. The molecule has 1 saturated heterocycles. The fourth-order valence-electron chi connectivity index (χ4n) is 2.60. The molecule has 0 radical (unpaired) electrons. The Morgan fingerprint density at radius 3 is 2.65 bits per heavy atom. The number of carbonyl (C=O) groups is 2. The van der Waals surface area contributed by atoms with Crippen molar-refractivity contribution in [3.8, 4) is 5.75 Å². The number of nitrogens with zero attached hydrogens (tertiary/aromatic N) is 1. The second kappa shape index (κ2) is 9.37. The third kappa shape index (κ3) is 6.08. The van der Waals surface area contributed by atoms with Crippen molar-refractivity contribution in [3.05, 3.63) is 29.8 Å². The molecule has 0 aliphatic carbocycles. The van der Waals surface area contributed by atoms with Gasteiger partial charge in [0, 0.05) is 13.1 Å². The van der Waals surface area contributed by atoms with Gasteiger partial charge in [-0.25, -0.2) is 0 Å². The molecule has 1 heterocycles. The molecule has 2 rings (SSSR count). The number of hydrogen-bond donors (Lipinski definition) is 2. The summed E-state index contributed by atoms with van der Waals surface area (Å²) in [5.74, 6) is -0.434. The normalized spacial score (nSPS) is 17.9. The van der Waals surface area contributed by atoms with Crippen LogP contribution in [0.15, 0.2) is 24.3 Å². The van der Waals surface area contributed by atoms with Gasteiger partial charge in [-0.05, 0) is 37.1 Å². The Bertz CT molecular complexity index is 521. The number of aliphatic carboxylic acids is 1. The zero-order valence-corrected chi connectivity index (χ0v) is 14.0. The van der Waals surface area contributed by atoms with E-state index in [0.29, 0.717) is 19.5 Å². The molecule has 1 aromatic rings. The van der Waals surface area contributed by atoms with Crippen molar-refractivity contribution in [2.45, 2.75) is 19.4 Å². The van der Waals surface area contributed by atoms with Crippen molar-refractivity contribution in [2.24, 2.45) is 5.92 Å². The Morgan fingerprint density at radius 1 is 1.35 bits per heavy atom. The summed E-state index contributed by atoms with van der Waals surface area (Å²) in [6.07, 6.45) is 1.52.